The van der Waals surface area contributed by atoms with Crippen molar-refractivity contribution in [2.24, 2.45) is 0 Å². The van der Waals surface area contributed by atoms with Crippen LogP contribution in [0.2, 0.25) is 0 Å². The molecule has 20 heavy (non-hydrogen) atoms. The molecule has 0 aromatic rings. The molecule has 0 aromatic heterocycles. The van der Waals surface area contributed by atoms with Crippen LogP contribution in [-0.2, 0) is 4.79 Å². The molecule has 6 nitrogen and oxygen atoms in total. The van der Waals surface area contributed by atoms with Gasteiger partial charge in [-0.1, -0.05) is 0 Å². The van der Waals surface area contributed by atoms with Gasteiger partial charge in [-0.05, 0) is 19.9 Å². The average molecular weight is 284 g/mol. The zero-order valence-corrected chi connectivity index (χ0v) is 12.6. The van der Waals surface area contributed by atoms with E-state index < -0.39 is 0 Å². The van der Waals surface area contributed by atoms with Crippen molar-refractivity contribution in [3.63, 3.8) is 0 Å². The van der Waals surface area contributed by atoms with Gasteiger partial charge in [0.1, 0.15) is 0 Å². The summed E-state index contributed by atoms with van der Waals surface area (Å²) in [6.45, 7) is 10.3. The third-order valence-corrected chi connectivity index (χ3v) is 4.37. The van der Waals surface area contributed by atoms with Gasteiger partial charge in [0.2, 0.25) is 5.91 Å². The first-order valence-electron chi connectivity index (χ1n) is 7.79. The number of hydrogen-bond acceptors (Lipinski definition) is 5. The molecular formula is C14H28N4O2. The molecule has 0 bridgehead atoms. The maximum Gasteiger partial charge on any atom is 0.239 e. The lowest BCUT2D eigenvalue weighted by Crippen LogP contribution is -2.54. The molecule has 2 saturated heterocycles. The number of carbonyl (C=O) groups excluding carboxylic acids is 1. The van der Waals surface area contributed by atoms with Gasteiger partial charge in [-0.25, -0.2) is 0 Å². The Balaban J connectivity index is 1.84. The Bertz CT molecular complexity index is 308. The summed E-state index contributed by atoms with van der Waals surface area (Å²) in [5.41, 5.74) is 0. The van der Waals surface area contributed by atoms with Gasteiger partial charge in [0.05, 0.1) is 12.6 Å². The molecule has 6 heteroatoms. The second-order valence-corrected chi connectivity index (χ2v) is 5.71. The first kappa shape index (κ1) is 15.7. The van der Waals surface area contributed by atoms with Crippen LogP contribution < -0.4 is 5.32 Å². The number of carbonyl (C=O) groups is 1. The molecule has 2 aliphatic rings. The van der Waals surface area contributed by atoms with Crippen LogP contribution in [0, 0.1) is 0 Å². The minimum absolute atomic E-state index is 0.0125. The summed E-state index contributed by atoms with van der Waals surface area (Å²) < 4.78 is 0. The normalized spacial score (nSPS) is 24.4. The monoisotopic (exact) mass is 284 g/mol. The molecule has 2 aliphatic heterocycles. The molecule has 0 saturated carbocycles. The molecular weight excluding hydrogens is 256 g/mol. The van der Waals surface area contributed by atoms with Gasteiger partial charge in [-0.2, -0.15) is 0 Å². The first-order chi connectivity index (χ1) is 9.72. The minimum atomic E-state index is -0.0125. The maximum atomic E-state index is 12.6. The molecule has 2 heterocycles. The lowest BCUT2D eigenvalue weighted by Gasteiger charge is -2.34. The summed E-state index contributed by atoms with van der Waals surface area (Å²) in [5, 5.41) is 12.3. The highest BCUT2D eigenvalue weighted by Gasteiger charge is 2.27. The van der Waals surface area contributed by atoms with Gasteiger partial charge in [0, 0.05) is 52.4 Å². The van der Waals surface area contributed by atoms with E-state index in [9.17, 15) is 4.79 Å². The van der Waals surface area contributed by atoms with Gasteiger partial charge in [-0.3, -0.25) is 14.6 Å². The van der Waals surface area contributed by atoms with E-state index in [1.807, 2.05) is 11.8 Å². The first-order valence-corrected chi connectivity index (χ1v) is 7.79. The molecule has 1 amide bonds. The topological polar surface area (TPSA) is 59.1 Å². The van der Waals surface area contributed by atoms with Crippen LogP contribution in [0.4, 0.5) is 0 Å². The van der Waals surface area contributed by atoms with Crippen molar-refractivity contribution < 1.29 is 9.90 Å². The van der Waals surface area contributed by atoms with Gasteiger partial charge in [-0.15, -0.1) is 0 Å². The van der Waals surface area contributed by atoms with Crippen LogP contribution in [0.25, 0.3) is 0 Å². The van der Waals surface area contributed by atoms with Crippen molar-refractivity contribution in [3.8, 4) is 0 Å². The molecule has 0 spiro atoms. The van der Waals surface area contributed by atoms with Crippen LogP contribution in [0.3, 0.4) is 0 Å². The van der Waals surface area contributed by atoms with E-state index in [0.717, 1.165) is 65.3 Å². The summed E-state index contributed by atoms with van der Waals surface area (Å²) in [4.78, 5) is 19.1. The molecule has 2 N–H and O–H groups in total. The molecule has 0 aliphatic carbocycles. The van der Waals surface area contributed by atoms with E-state index in [2.05, 4.69) is 15.1 Å². The Morgan fingerprint density at radius 3 is 2.60 bits per heavy atom. The zero-order chi connectivity index (χ0) is 14.4. The Labute approximate surface area is 121 Å². The SMILES string of the molecule is CC(C(=O)N1CCCN(CCO)CC1)N1CCNCC1. The van der Waals surface area contributed by atoms with Gasteiger partial charge >= 0.3 is 0 Å². The van der Waals surface area contributed by atoms with E-state index in [1.165, 1.54) is 0 Å². The highest BCUT2D eigenvalue weighted by atomic mass is 16.3. The van der Waals surface area contributed by atoms with Crippen LogP contribution in [0.15, 0.2) is 0 Å². The second kappa shape index (κ2) is 7.93. The number of amides is 1. The van der Waals surface area contributed by atoms with Gasteiger partial charge in [0.25, 0.3) is 0 Å². The summed E-state index contributed by atoms with van der Waals surface area (Å²) in [5.74, 6) is 0.262. The van der Waals surface area contributed by atoms with Crippen LogP contribution in [0.1, 0.15) is 13.3 Å². The third-order valence-electron chi connectivity index (χ3n) is 4.37. The molecule has 1 unspecified atom stereocenters. The molecule has 2 rings (SSSR count). The van der Waals surface area contributed by atoms with Gasteiger partial charge in [0.15, 0.2) is 0 Å². The summed E-state index contributed by atoms with van der Waals surface area (Å²) in [7, 11) is 0. The van der Waals surface area contributed by atoms with Crippen molar-refractivity contribution in [2.75, 3.05) is 65.5 Å². The molecule has 0 aromatic carbocycles. The number of hydrogen-bond donors (Lipinski definition) is 2. The molecule has 2 fully saturated rings. The largest absolute Gasteiger partial charge is 0.395 e. The van der Waals surface area contributed by atoms with E-state index >= 15 is 0 Å². The van der Waals surface area contributed by atoms with Crippen LogP contribution >= 0.6 is 0 Å². The van der Waals surface area contributed by atoms with Crippen molar-refractivity contribution in [1.82, 2.24) is 20.0 Å². The lowest BCUT2D eigenvalue weighted by molar-refractivity contribution is -0.136. The third kappa shape index (κ3) is 4.15. The number of aliphatic hydroxyl groups excluding tert-OH is 1. The van der Waals surface area contributed by atoms with E-state index in [-0.39, 0.29) is 18.6 Å². The van der Waals surface area contributed by atoms with E-state index in [1.54, 1.807) is 0 Å². The van der Waals surface area contributed by atoms with Gasteiger partial charge < -0.3 is 15.3 Å². The molecule has 116 valence electrons. The quantitative estimate of drug-likeness (QED) is 0.680. The molecule has 0 radical (unpaired) electrons. The summed E-state index contributed by atoms with van der Waals surface area (Å²) >= 11 is 0. The fourth-order valence-electron chi connectivity index (χ4n) is 3.05. The number of nitrogens with one attached hydrogen (secondary N) is 1. The second-order valence-electron chi connectivity index (χ2n) is 5.71. The number of nitrogens with zero attached hydrogens (tertiary/aromatic N) is 3. The zero-order valence-electron chi connectivity index (χ0n) is 12.6. The summed E-state index contributed by atoms with van der Waals surface area (Å²) in [6.07, 6.45) is 1.00. The highest BCUT2D eigenvalue weighted by molar-refractivity contribution is 5.81. The lowest BCUT2D eigenvalue weighted by atomic mass is 10.2. The number of aliphatic hydroxyl groups is 1. The fourth-order valence-corrected chi connectivity index (χ4v) is 3.05. The Kier molecular flexibility index (Phi) is 6.22. The van der Waals surface area contributed by atoms with Crippen molar-refractivity contribution in [3.05, 3.63) is 0 Å². The Hall–Kier alpha value is -0.690. The highest BCUT2D eigenvalue weighted by Crippen LogP contribution is 2.09. The van der Waals surface area contributed by atoms with Crippen molar-refractivity contribution in [2.45, 2.75) is 19.4 Å². The standard InChI is InChI=1S/C14H28N4O2/c1-13(17-7-3-15-4-8-17)14(20)18-6-2-5-16(9-10-18)11-12-19/h13,15,19H,2-12H2,1H3. The average Bonchev–Trinajstić information content (AvgIpc) is 2.73. The smallest absolute Gasteiger partial charge is 0.239 e. The van der Waals surface area contributed by atoms with Crippen LogP contribution in [0.5, 0.6) is 0 Å². The van der Waals surface area contributed by atoms with Crippen molar-refractivity contribution >= 4 is 5.91 Å². The number of rotatable bonds is 4. The molecule has 1 atom stereocenters. The maximum absolute atomic E-state index is 12.6. The number of piperazine rings is 1. The van der Waals surface area contributed by atoms with Crippen molar-refractivity contribution in [1.29, 1.82) is 0 Å². The predicted molar refractivity (Wildman–Crippen MR) is 78.6 cm³/mol. The predicted octanol–water partition coefficient (Wildman–Crippen LogP) is -1.19. The van der Waals surface area contributed by atoms with Crippen LogP contribution in [-0.4, -0.2) is 97.3 Å². The number of β-amino-alcohol motifs (C(OH)–C–C–N with tert-alkyl or cyclic N) is 1. The van der Waals surface area contributed by atoms with E-state index in [4.69, 9.17) is 5.11 Å². The summed E-state index contributed by atoms with van der Waals surface area (Å²) in [6, 6.07) is -0.0125. The Morgan fingerprint density at radius 2 is 1.90 bits per heavy atom. The minimum Gasteiger partial charge on any atom is -0.395 e. The Morgan fingerprint density at radius 1 is 1.15 bits per heavy atom. The fraction of sp³-hybridized carbons (Fsp3) is 0.929. The van der Waals surface area contributed by atoms with E-state index in [0.29, 0.717) is 0 Å².